The van der Waals surface area contributed by atoms with Gasteiger partial charge in [0.2, 0.25) is 0 Å². The first-order chi connectivity index (χ1) is 9.71. The number of furan rings is 1. The second-order valence-electron chi connectivity index (χ2n) is 4.60. The van der Waals surface area contributed by atoms with Gasteiger partial charge in [-0.1, -0.05) is 0 Å². The van der Waals surface area contributed by atoms with Crippen molar-refractivity contribution in [3.05, 3.63) is 24.3 Å². The molecule has 20 heavy (non-hydrogen) atoms. The summed E-state index contributed by atoms with van der Waals surface area (Å²) in [7, 11) is 0. The zero-order valence-corrected chi connectivity index (χ0v) is 11.7. The van der Waals surface area contributed by atoms with Gasteiger partial charge in [-0.2, -0.15) is 0 Å². The second-order valence-corrected chi connectivity index (χ2v) is 5.66. The van der Waals surface area contributed by atoms with E-state index in [9.17, 15) is 0 Å². The van der Waals surface area contributed by atoms with E-state index >= 15 is 0 Å². The smallest absolute Gasteiger partial charge is 0.191 e. The highest BCUT2D eigenvalue weighted by atomic mass is 32.1. The highest BCUT2D eigenvalue weighted by molar-refractivity contribution is 7.22. The maximum atomic E-state index is 9.10. The molecular formula is C14H16N2O3S. The summed E-state index contributed by atoms with van der Waals surface area (Å²) in [5, 5.41) is 21.3. The van der Waals surface area contributed by atoms with Crippen molar-refractivity contribution in [3.8, 4) is 0 Å². The summed E-state index contributed by atoms with van der Waals surface area (Å²) >= 11 is 1.63. The quantitative estimate of drug-likeness (QED) is 0.670. The number of benzene rings is 1. The fourth-order valence-corrected chi connectivity index (χ4v) is 3.45. The van der Waals surface area contributed by atoms with Gasteiger partial charge in [0, 0.05) is 29.2 Å². The van der Waals surface area contributed by atoms with Crippen LogP contribution in [0.2, 0.25) is 0 Å². The van der Waals surface area contributed by atoms with E-state index in [-0.39, 0.29) is 13.2 Å². The van der Waals surface area contributed by atoms with Crippen LogP contribution in [0.5, 0.6) is 0 Å². The van der Waals surface area contributed by atoms with E-state index in [4.69, 9.17) is 20.4 Å². The second kappa shape index (κ2) is 5.32. The lowest BCUT2D eigenvalue weighted by Gasteiger charge is -2.20. The first kappa shape index (κ1) is 13.2. The number of anilines is 2. The van der Waals surface area contributed by atoms with Gasteiger partial charge < -0.3 is 25.3 Å². The Kier molecular flexibility index (Phi) is 3.52. The Morgan fingerprint density at radius 3 is 2.50 bits per heavy atom. The molecule has 0 radical (unpaired) electrons. The Morgan fingerprint density at radius 2 is 1.80 bits per heavy atom. The van der Waals surface area contributed by atoms with E-state index in [0.29, 0.717) is 19.0 Å². The van der Waals surface area contributed by atoms with Crippen molar-refractivity contribution in [1.82, 2.24) is 0 Å². The minimum atomic E-state index is 0.0626. The Hall–Kier alpha value is -1.76. The Bertz CT molecular complexity index is 678. The molecule has 2 heterocycles. The average Bonchev–Trinajstić information content (AvgIpc) is 2.96. The van der Waals surface area contributed by atoms with E-state index in [1.165, 1.54) is 0 Å². The van der Waals surface area contributed by atoms with E-state index in [0.717, 1.165) is 26.1 Å². The summed E-state index contributed by atoms with van der Waals surface area (Å²) in [6.07, 6.45) is 0. The van der Waals surface area contributed by atoms with E-state index in [2.05, 4.69) is 6.07 Å². The number of rotatable bonds is 5. The number of hydrogen-bond donors (Lipinski definition) is 3. The number of nitrogen functional groups attached to an aromatic ring is 1. The standard InChI is InChI=1S/C14H16N2O3S/c15-13-7-9-6-12-10(5-11(9)19-13)8-14(20-12)16(1-3-17)2-4-18/h5-8,17-18H,1-4,15H2. The van der Waals surface area contributed by atoms with Gasteiger partial charge in [0.25, 0.3) is 0 Å². The molecule has 0 aliphatic rings. The summed E-state index contributed by atoms with van der Waals surface area (Å²) < 4.78 is 6.56. The van der Waals surface area contributed by atoms with Gasteiger partial charge in [-0.3, -0.25) is 0 Å². The van der Waals surface area contributed by atoms with Crippen molar-refractivity contribution < 1.29 is 14.6 Å². The zero-order chi connectivity index (χ0) is 14.1. The van der Waals surface area contributed by atoms with Crippen molar-refractivity contribution in [3.63, 3.8) is 0 Å². The molecule has 5 nitrogen and oxygen atoms in total. The highest BCUT2D eigenvalue weighted by Crippen LogP contribution is 2.36. The first-order valence-corrected chi connectivity index (χ1v) is 7.22. The molecular weight excluding hydrogens is 276 g/mol. The molecule has 0 unspecified atom stereocenters. The van der Waals surface area contributed by atoms with Crippen molar-refractivity contribution >= 4 is 43.3 Å². The van der Waals surface area contributed by atoms with Crippen LogP contribution < -0.4 is 10.6 Å². The molecule has 0 fully saturated rings. The van der Waals surface area contributed by atoms with Crippen LogP contribution in [0.3, 0.4) is 0 Å². The fourth-order valence-electron chi connectivity index (χ4n) is 2.31. The molecule has 0 atom stereocenters. The van der Waals surface area contributed by atoms with Gasteiger partial charge in [0.15, 0.2) is 5.88 Å². The molecule has 0 amide bonds. The van der Waals surface area contributed by atoms with Gasteiger partial charge in [-0.15, -0.1) is 11.3 Å². The van der Waals surface area contributed by atoms with Crippen LogP contribution >= 0.6 is 11.3 Å². The van der Waals surface area contributed by atoms with Gasteiger partial charge >= 0.3 is 0 Å². The molecule has 6 heteroatoms. The monoisotopic (exact) mass is 292 g/mol. The SMILES string of the molecule is Nc1cc2cc3sc(N(CCO)CCO)cc3cc2o1. The maximum Gasteiger partial charge on any atom is 0.191 e. The fraction of sp³-hybridized carbons (Fsp3) is 0.286. The average molecular weight is 292 g/mol. The summed E-state index contributed by atoms with van der Waals surface area (Å²) in [5.74, 6) is 0.417. The molecule has 0 bridgehead atoms. The van der Waals surface area contributed by atoms with Crippen LogP contribution in [0.25, 0.3) is 21.1 Å². The minimum absolute atomic E-state index is 0.0626. The summed E-state index contributed by atoms with van der Waals surface area (Å²) in [5.41, 5.74) is 6.43. The third-order valence-corrected chi connectivity index (χ3v) is 4.37. The maximum absolute atomic E-state index is 9.10. The Labute approximate surface area is 119 Å². The van der Waals surface area contributed by atoms with E-state index < -0.39 is 0 Å². The number of nitrogens with zero attached hydrogens (tertiary/aromatic N) is 1. The molecule has 0 saturated heterocycles. The van der Waals surface area contributed by atoms with Crippen molar-refractivity contribution in [1.29, 1.82) is 0 Å². The van der Waals surface area contributed by atoms with Gasteiger partial charge in [-0.25, -0.2) is 0 Å². The Morgan fingerprint density at radius 1 is 1.05 bits per heavy atom. The molecule has 0 spiro atoms. The number of thiophene rings is 1. The largest absolute Gasteiger partial charge is 0.441 e. The van der Waals surface area contributed by atoms with Crippen LogP contribution in [-0.4, -0.2) is 36.5 Å². The minimum Gasteiger partial charge on any atom is -0.441 e. The van der Waals surface area contributed by atoms with Gasteiger partial charge in [-0.05, 0) is 23.6 Å². The first-order valence-electron chi connectivity index (χ1n) is 6.40. The normalized spacial score (nSPS) is 11.5. The lowest BCUT2D eigenvalue weighted by atomic mass is 10.2. The third kappa shape index (κ3) is 2.33. The van der Waals surface area contributed by atoms with E-state index in [1.807, 2.05) is 23.1 Å². The molecule has 4 N–H and O–H groups in total. The van der Waals surface area contributed by atoms with Crippen LogP contribution in [0, 0.1) is 0 Å². The van der Waals surface area contributed by atoms with Crippen molar-refractivity contribution in [2.75, 3.05) is 36.9 Å². The number of aliphatic hydroxyl groups is 2. The zero-order valence-electron chi connectivity index (χ0n) is 10.9. The molecule has 2 aromatic heterocycles. The molecule has 106 valence electrons. The van der Waals surface area contributed by atoms with Crippen LogP contribution in [0.1, 0.15) is 0 Å². The molecule has 3 rings (SSSR count). The third-order valence-electron chi connectivity index (χ3n) is 3.21. The van der Waals surface area contributed by atoms with Crippen molar-refractivity contribution in [2.45, 2.75) is 0 Å². The predicted molar refractivity (Wildman–Crippen MR) is 82.4 cm³/mol. The summed E-state index contributed by atoms with van der Waals surface area (Å²) in [4.78, 5) is 1.97. The van der Waals surface area contributed by atoms with Crippen LogP contribution in [0.4, 0.5) is 10.9 Å². The topological polar surface area (TPSA) is 82.9 Å². The van der Waals surface area contributed by atoms with Gasteiger partial charge in [0.05, 0.1) is 18.2 Å². The van der Waals surface area contributed by atoms with Crippen LogP contribution in [-0.2, 0) is 0 Å². The Balaban J connectivity index is 2.04. The molecule has 3 aromatic rings. The number of hydrogen-bond acceptors (Lipinski definition) is 6. The van der Waals surface area contributed by atoms with Gasteiger partial charge in [0.1, 0.15) is 5.58 Å². The van der Waals surface area contributed by atoms with Crippen molar-refractivity contribution in [2.24, 2.45) is 0 Å². The molecule has 0 aliphatic carbocycles. The lowest BCUT2D eigenvalue weighted by molar-refractivity contribution is 0.281. The predicted octanol–water partition coefficient (Wildman–Crippen LogP) is 2.02. The number of aliphatic hydroxyl groups excluding tert-OH is 2. The van der Waals surface area contributed by atoms with E-state index in [1.54, 1.807) is 11.3 Å². The summed E-state index contributed by atoms with van der Waals surface area (Å²) in [6.45, 7) is 1.15. The number of fused-ring (bicyclic) bond motifs is 2. The molecule has 0 aliphatic heterocycles. The lowest BCUT2D eigenvalue weighted by Crippen LogP contribution is -2.28. The summed E-state index contributed by atoms with van der Waals surface area (Å²) in [6, 6.07) is 7.88. The molecule has 0 saturated carbocycles. The highest BCUT2D eigenvalue weighted by Gasteiger charge is 2.11. The molecule has 1 aromatic carbocycles. The van der Waals surface area contributed by atoms with Crippen LogP contribution in [0.15, 0.2) is 28.7 Å². The number of nitrogens with two attached hydrogens (primary N) is 1.